The molecule has 2 aromatic heterocycles. The Hall–Kier alpha value is -2.95. The Morgan fingerprint density at radius 2 is 1.91 bits per heavy atom. The third-order valence-corrected chi connectivity index (χ3v) is 3.13. The number of fused-ring (bicyclic) bond motifs is 1. The van der Waals surface area contributed by atoms with Gasteiger partial charge in [0.15, 0.2) is 0 Å². The van der Waals surface area contributed by atoms with Gasteiger partial charge in [-0.15, -0.1) is 0 Å². The minimum absolute atomic E-state index is 0.615. The molecule has 3 aromatic rings. The maximum atomic E-state index is 4.92. The fourth-order valence-electron chi connectivity index (χ4n) is 2.13. The highest BCUT2D eigenvalue weighted by atomic mass is 16.5. The third kappa shape index (κ3) is 3.20. The van der Waals surface area contributed by atoms with E-state index in [0.717, 1.165) is 28.2 Å². The van der Waals surface area contributed by atoms with Crippen molar-refractivity contribution in [2.24, 2.45) is 0 Å². The second-order valence-electron chi connectivity index (χ2n) is 4.68. The molecular weight excluding hydrogens is 276 g/mol. The van der Waals surface area contributed by atoms with Gasteiger partial charge in [-0.2, -0.15) is 0 Å². The predicted molar refractivity (Wildman–Crippen MR) is 86.9 cm³/mol. The number of methoxy groups -OCH3 is 1. The first-order valence-corrected chi connectivity index (χ1v) is 6.97. The van der Waals surface area contributed by atoms with Crippen molar-refractivity contribution in [1.82, 2.24) is 15.0 Å². The van der Waals surface area contributed by atoms with Gasteiger partial charge in [0.2, 0.25) is 0 Å². The molecule has 110 valence electrons. The average molecular weight is 292 g/mol. The van der Waals surface area contributed by atoms with Crippen molar-refractivity contribution in [1.29, 1.82) is 0 Å². The Labute approximate surface area is 128 Å². The van der Waals surface area contributed by atoms with Crippen LogP contribution in [0.5, 0.6) is 0 Å². The highest BCUT2D eigenvalue weighted by Crippen LogP contribution is 2.23. The van der Waals surface area contributed by atoms with E-state index >= 15 is 0 Å². The fourth-order valence-corrected chi connectivity index (χ4v) is 2.13. The first-order valence-electron chi connectivity index (χ1n) is 6.97. The number of ether oxygens (including phenoxy) is 1. The lowest BCUT2D eigenvalue weighted by Crippen LogP contribution is -2.01. The number of anilines is 2. The number of rotatable bonds is 5. The van der Waals surface area contributed by atoms with E-state index in [-0.39, 0.29) is 0 Å². The summed E-state index contributed by atoms with van der Waals surface area (Å²) in [6.45, 7) is 0. The number of hydrogen-bond donors (Lipinski definition) is 1. The molecule has 5 heteroatoms. The number of pyridine rings is 1. The number of allylic oxidation sites excluding steroid dienone is 1. The molecule has 0 fully saturated rings. The molecule has 0 saturated carbocycles. The van der Waals surface area contributed by atoms with Gasteiger partial charge in [-0.05, 0) is 30.3 Å². The molecule has 0 saturated heterocycles. The Balaban J connectivity index is 2.00. The van der Waals surface area contributed by atoms with Crippen molar-refractivity contribution in [3.05, 3.63) is 67.0 Å². The van der Waals surface area contributed by atoms with Gasteiger partial charge < -0.3 is 10.1 Å². The van der Waals surface area contributed by atoms with Crippen LogP contribution in [-0.4, -0.2) is 22.1 Å². The second-order valence-corrected chi connectivity index (χ2v) is 4.68. The lowest BCUT2D eigenvalue weighted by molar-refractivity contribution is 0.336. The van der Waals surface area contributed by atoms with Gasteiger partial charge in [0, 0.05) is 29.9 Å². The molecule has 0 aliphatic heterocycles. The number of para-hydroxylation sites is 1. The van der Waals surface area contributed by atoms with Gasteiger partial charge in [0.05, 0.1) is 18.9 Å². The maximum absolute atomic E-state index is 4.92. The summed E-state index contributed by atoms with van der Waals surface area (Å²) in [4.78, 5) is 13.2. The summed E-state index contributed by atoms with van der Waals surface area (Å²) in [7, 11) is 1.62. The zero-order chi connectivity index (χ0) is 15.2. The minimum Gasteiger partial charge on any atom is -0.505 e. The summed E-state index contributed by atoms with van der Waals surface area (Å²) >= 11 is 0. The quantitative estimate of drug-likeness (QED) is 0.730. The van der Waals surface area contributed by atoms with E-state index in [1.165, 1.54) is 0 Å². The first kappa shape index (κ1) is 14.0. The normalized spacial score (nSPS) is 11.0. The Morgan fingerprint density at radius 1 is 1.09 bits per heavy atom. The summed E-state index contributed by atoms with van der Waals surface area (Å²) in [5.74, 6) is 1.53. The minimum atomic E-state index is 0.615. The summed E-state index contributed by atoms with van der Waals surface area (Å²) in [5, 5.41) is 4.32. The van der Waals surface area contributed by atoms with Crippen LogP contribution in [0.4, 0.5) is 11.5 Å². The van der Waals surface area contributed by atoms with Crippen LogP contribution in [0.2, 0.25) is 0 Å². The standard InChI is InChI=1S/C17H16N4O/c1-22-12-4-7-16-20-15-6-3-2-5-14(15)17(21-16)19-13-8-10-18-11-9-13/h2-6,8-12H,7H2,1H3,(H,18,19,20,21). The van der Waals surface area contributed by atoms with Crippen molar-refractivity contribution in [3.8, 4) is 0 Å². The Morgan fingerprint density at radius 3 is 2.73 bits per heavy atom. The van der Waals surface area contributed by atoms with Crippen LogP contribution in [-0.2, 0) is 11.2 Å². The molecular formula is C17H16N4O. The molecule has 0 atom stereocenters. The molecule has 2 heterocycles. The predicted octanol–water partition coefficient (Wildman–Crippen LogP) is 3.47. The van der Waals surface area contributed by atoms with Crippen LogP contribution in [0.1, 0.15) is 5.82 Å². The molecule has 1 aromatic carbocycles. The van der Waals surface area contributed by atoms with Crippen LogP contribution in [0.15, 0.2) is 61.1 Å². The van der Waals surface area contributed by atoms with E-state index in [2.05, 4.69) is 20.3 Å². The molecule has 3 rings (SSSR count). The molecule has 0 amide bonds. The Bertz CT molecular complexity index is 787. The van der Waals surface area contributed by atoms with E-state index in [1.807, 2.05) is 42.5 Å². The molecule has 0 bridgehead atoms. The van der Waals surface area contributed by atoms with Crippen LogP contribution < -0.4 is 5.32 Å². The van der Waals surface area contributed by atoms with Gasteiger partial charge in [0.25, 0.3) is 0 Å². The molecule has 0 radical (unpaired) electrons. The van der Waals surface area contributed by atoms with Crippen molar-refractivity contribution in [2.45, 2.75) is 6.42 Å². The van der Waals surface area contributed by atoms with E-state index in [4.69, 9.17) is 4.74 Å². The fraction of sp³-hybridized carbons (Fsp3) is 0.118. The summed E-state index contributed by atoms with van der Waals surface area (Å²) in [5.41, 5.74) is 1.85. The second kappa shape index (κ2) is 6.67. The maximum Gasteiger partial charge on any atom is 0.142 e. The van der Waals surface area contributed by atoms with Crippen LogP contribution in [0.3, 0.4) is 0 Å². The van der Waals surface area contributed by atoms with E-state index in [9.17, 15) is 0 Å². The lowest BCUT2D eigenvalue weighted by Gasteiger charge is -2.10. The summed E-state index contributed by atoms with van der Waals surface area (Å²) in [6.07, 6.45) is 7.63. The SMILES string of the molecule is COC=CCc1nc(Nc2ccncc2)c2ccccc2n1. The number of benzene rings is 1. The average Bonchev–Trinajstić information content (AvgIpc) is 2.56. The first-order chi connectivity index (χ1) is 10.9. The molecule has 0 unspecified atom stereocenters. The van der Waals surface area contributed by atoms with Crippen molar-refractivity contribution >= 4 is 22.4 Å². The number of aromatic nitrogens is 3. The van der Waals surface area contributed by atoms with Crippen molar-refractivity contribution < 1.29 is 4.74 Å². The highest BCUT2D eigenvalue weighted by molar-refractivity contribution is 5.90. The molecule has 5 nitrogen and oxygen atoms in total. The zero-order valence-electron chi connectivity index (χ0n) is 12.2. The zero-order valence-corrected chi connectivity index (χ0v) is 12.2. The molecule has 0 aliphatic rings. The van der Waals surface area contributed by atoms with Crippen LogP contribution >= 0.6 is 0 Å². The number of nitrogens with zero attached hydrogens (tertiary/aromatic N) is 3. The van der Waals surface area contributed by atoms with E-state index in [1.54, 1.807) is 25.8 Å². The molecule has 0 spiro atoms. The third-order valence-electron chi connectivity index (χ3n) is 3.13. The van der Waals surface area contributed by atoms with Crippen LogP contribution in [0.25, 0.3) is 10.9 Å². The number of nitrogens with one attached hydrogen (secondary N) is 1. The number of hydrogen-bond acceptors (Lipinski definition) is 5. The van der Waals surface area contributed by atoms with Gasteiger partial charge in [-0.3, -0.25) is 4.98 Å². The largest absolute Gasteiger partial charge is 0.505 e. The molecule has 22 heavy (non-hydrogen) atoms. The molecule has 1 N–H and O–H groups in total. The van der Waals surface area contributed by atoms with Crippen molar-refractivity contribution in [2.75, 3.05) is 12.4 Å². The van der Waals surface area contributed by atoms with Gasteiger partial charge in [-0.1, -0.05) is 12.1 Å². The topological polar surface area (TPSA) is 59.9 Å². The lowest BCUT2D eigenvalue weighted by atomic mass is 10.2. The van der Waals surface area contributed by atoms with Gasteiger partial charge in [0.1, 0.15) is 11.6 Å². The highest BCUT2D eigenvalue weighted by Gasteiger charge is 2.07. The van der Waals surface area contributed by atoms with Crippen molar-refractivity contribution in [3.63, 3.8) is 0 Å². The smallest absolute Gasteiger partial charge is 0.142 e. The summed E-state index contributed by atoms with van der Waals surface area (Å²) in [6, 6.07) is 11.8. The molecule has 0 aliphatic carbocycles. The van der Waals surface area contributed by atoms with Gasteiger partial charge in [-0.25, -0.2) is 9.97 Å². The van der Waals surface area contributed by atoms with E-state index < -0.39 is 0 Å². The van der Waals surface area contributed by atoms with Gasteiger partial charge >= 0.3 is 0 Å². The Kier molecular flexibility index (Phi) is 4.25. The van der Waals surface area contributed by atoms with Crippen LogP contribution in [0, 0.1) is 0 Å². The summed E-state index contributed by atoms with van der Waals surface area (Å²) < 4.78 is 4.92. The monoisotopic (exact) mass is 292 g/mol. The van der Waals surface area contributed by atoms with E-state index in [0.29, 0.717) is 6.42 Å².